The van der Waals surface area contributed by atoms with Gasteiger partial charge in [-0.25, -0.2) is 0 Å². The van der Waals surface area contributed by atoms with Crippen LogP contribution in [0.25, 0.3) is 0 Å². The van der Waals surface area contributed by atoms with E-state index in [0.717, 1.165) is 0 Å². The summed E-state index contributed by atoms with van der Waals surface area (Å²) < 4.78 is 4.40. The van der Waals surface area contributed by atoms with Crippen molar-refractivity contribution in [2.75, 3.05) is 6.61 Å². The Bertz CT molecular complexity index is 151. The van der Waals surface area contributed by atoms with Crippen molar-refractivity contribution in [3.63, 3.8) is 0 Å². The third kappa shape index (κ3) is 23.4. The predicted molar refractivity (Wildman–Crippen MR) is 44.8 cm³/mol. The first kappa shape index (κ1) is 13.3. The lowest BCUT2D eigenvalue weighted by Gasteiger charge is -1.89. The molecule has 0 aliphatic carbocycles. The van der Waals surface area contributed by atoms with Gasteiger partial charge in [-0.2, -0.15) is 0 Å². The Labute approximate surface area is 71.8 Å². The zero-order chi connectivity index (χ0) is 9.98. The van der Waals surface area contributed by atoms with Gasteiger partial charge >= 0.3 is 11.9 Å². The lowest BCUT2D eigenvalue weighted by molar-refractivity contribution is -0.140. The van der Waals surface area contributed by atoms with E-state index in [2.05, 4.69) is 11.3 Å². The number of carbonyl (C=O) groups is 2. The van der Waals surface area contributed by atoms with Crippen molar-refractivity contribution in [3.05, 3.63) is 12.7 Å². The fourth-order valence-electron chi connectivity index (χ4n) is 0.327. The molecule has 0 aromatic heterocycles. The van der Waals surface area contributed by atoms with Crippen LogP contribution in [-0.4, -0.2) is 23.7 Å². The maximum absolute atomic E-state index is 9.82. The molecule has 0 saturated heterocycles. The Hall–Kier alpha value is -1.32. The van der Waals surface area contributed by atoms with Crippen molar-refractivity contribution < 1.29 is 19.4 Å². The summed E-state index contributed by atoms with van der Waals surface area (Å²) in [6.45, 7) is 6.87. The maximum atomic E-state index is 9.82. The van der Waals surface area contributed by atoms with E-state index >= 15 is 0 Å². The number of carboxylic acid groups (broad SMARTS) is 1. The summed E-state index contributed by atoms with van der Waals surface area (Å²) in [4.78, 5) is 19.3. The van der Waals surface area contributed by atoms with Crippen LogP contribution in [0.3, 0.4) is 0 Å². The van der Waals surface area contributed by atoms with E-state index in [4.69, 9.17) is 5.11 Å². The monoisotopic (exact) mass is 174 g/mol. The molecule has 0 saturated carbocycles. The van der Waals surface area contributed by atoms with Crippen LogP contribution >= 0.6 is 0 Å². The minimum atomic E-state index is -0.829. The van der Waals surface area contributed by atoms with Gasteiger partial charge in [-0.3, -0.25) is 9.59 Å². The maximum Gasteiger partial charge on any atom is 0.307 e. The van der Waals surface area contributed by atoms with Gasteiger partial charge in [0.2, 0.25) is 0 Å². The van der Waals surface area contributed by atoms with Crippen LogP contribution in [-0.2, 0) is 14.3 Å². The highest BCUT2D eigenvalue weighted by Crippen LogP contribution is 1.74. The minimum Gasteiger partial charge on any atom is -0.481 e. The molecule has 1 N–H and O–H groups in total. The molecule has 0 radical (unpaired) electrons. The van der Waals surface area contributed by atoms with Gasteiger partial charge in [0.05, 0.1) is 13.0 Å². The van der Waals surface area contributed by atoms with E-state index in [0.29, 0.717) is 6.61 Å². The summed E-state index contributed by atoms with van der Waals surface area (Å²) in [5, 5.41) is 7.84. The second kappa shape index (κ2) is 9.68. The summed E-state index contributed by atoms with van der Waals surface area (Å²) in [6, 6.07) is 0. The number of rotatable bonds is 3. The summed E-state index contributed by atoms with van der Waals surface area (Å²) in [6.07, 6.45) is 1.41. The van der Waals surface area contributed by atoms with Crippen molar-refractivity contribution in [1.29, 1.82) is 0 Å². The van der Waals surface area contributed by atoms with Crippen LogP contribution in [0, 0.1) is 0 Å². The van der Waals surface area contributed by atoms with Gasteiger partial charge in [-0.05, 0) is 6.92 Å². The van der Waals surface area contributed by atoms with Crippen LogP contribution in [0.4, 0.5) is 0 Å². The molecular formula is C8H14O4. The van der Waals surface area contributed by atoms with Crippen molar-refractivity contribution in [1.82, 2.24) is 0 Å². The van der Waals surface area contributed by atoms with Crippen LogP contribution in [0.1, 0.15) is 20.3 Å². The molecule has 4 nitrogen and oxygen atoms in total. The minimum absolute atomic E-state index is 0.0556. The fraction of sp³-hybridized carbons (Fsp3) is 0.500. The van der Waals surface area contributed by atoms with E-state index < -0.39 is 5.97 Å². The molecule has 12 heavy (non-hydrogen) atoms. The molecule has 0 unspecified atom stereocenters. The molecule has 0 atom stereocenters. The first-order valence-electron chi connectivity index (χ1n) is 3.50. The lowest BCUT2D eigenvalue weighted by atomic mass is 10.4. The highest BCUT2D eigenvalue weighted by atomic mass is 16.5. The molecule has 0 bridgehead atoms. The highest BCUT2D eigenvalue weighted by molar-refractivity contribution is 5.68. The second-order valence-electron chi connectivity index (χ2n) is 1.81. The molecule has 0 heterocycles. The second-order valence-corrected chi connectivity index (χ2v) is 1.81. The summed E-state index contributed by atoms with van der Waals surface area (Å²) in [7, 11) is 0. The van der Waals surface area contributed by atoms with Crippen LogP contribution in [0.15, 0.2) is 12.7 Å². The molecule has 0 rings (SSSR count). The Balaban J connectivity index is 0. The first-order chi connectivity index (χ1) is 5.54. The molecule has 0 amide bonds. The van der Waals surface area contributed by atoms with E-state index in [1.807, 2.05) is 0 Å². The Morgan fingerprint density at radius 3 is 2.08 bits per heavy atom. The quantitative estimate of drug-likeness (QED) is 0.516. The number of esters is 1. The number of carboxylic acids is 1. The standard InChI is InChI=1S/C4H8O2.C4H6O2/c1-3-6-4(2)5;1-2-3-4(5)6/h3H2,1-2H3;2H,1,3H2,(H,5,6). The zero-order valence-electron chi connectivity index (χ0n) is 7.37. The summed E-state index contributed by atoms with van der Waals surface area (Å²) >= 11 is 0. The van der Waals surface area contributed by atoms with Crippen molar-refractivity contribution >= 4 is 11.9 Å². The molecule has 4 heteroatoms. The Kier molecular flexibility index (Phi) is 10.7. The third-order valence-corrected chi connectivity index (χ3v) is 0.667. The van der Waals surface area contributed by atoms with E-state index in [9.17, 15) is 9.59 Å². The van der Waals surface area contributed by atoms with Crippen molar-refractivity contribution in [3.8, 4) is 0 Å². The van der Waals surface area contributed by atoms with Crippen LogP contribution in [0.5, 0.6) is 0 Å². The predicted octanol–water partition coefficient (Wildman–Crippen LogP) is 1.22. The van der Waals surface area contributed by atoms with Gasteiger partial charge in [-0.15, -0.1) is 6.58 Å². The van der Waals surface area contributed by atoms with Crippen LogP contribution < -0.4 is 0 Å². The van der Waals surface area contributed by atoms with Crippen molar-refractivity contribution in [2.24, 2.45) is 0 Å². The number of hydrogen-bond donors (Lipinski definition) is 1. The Morgan fingerprint density at radius 1 is 1.58 bits per heavy atom. The molecule has 0 spiro atoms. The van der Waals surface area contributed by atoms with E-state index in [1.54, 1.807) is 6.92 Å². The van der Waals surface area contributed by atoms with Gasteiger partial charge in [0.1, 0.15) is 0 Å². The van der Waals surface area contributed by atoms with Gasteiger partial charge in [0.25, 0.3) is 0 Å². The molecular weight excluding hydrogens is 160 g/mol. The van der Waals surface area contributed by atoms with Gasteiger partial charge in [0.15, 0.2) is 0 Å². The lowest BCUT2D eigenvalue weighted by Crippen LogP contribution is -1.95. The topological polar surface area (TPSA) is 63.6 Å². The molecule has 0 aliphatic heterocycles. The van der Waals surface area contributed by atoms with Crippen molar-refractivity contribution in [2.45, 2.75) is 20.3 Å². The largest absolute Gasteiger partial charge is 0.481 e. The Morgan fingerprint density at radius 2 is 2.08 bits per heavy atom. The van der Waals surface area contributed by atoms with E-state index in [1.165, 1.54) is 13.0 Å². The van der Waals surface area contributed by atoms with Gasteiger partial charge in [-0.1, -0.05) is 6.08 Å². The summed E-state index contributed by atoms with van der Waals surface area (Å²) in [5.74, 6) is -1.04. The average molecular weight is 174 g/mol. The van der Waals surface area contributed by atoms with Gasteiger partial charge in [0, 0.05) is 6.92 Å². The number of ether oxygens (including phenoxy) is 1. The average Bonchev–Trinajstić information content (AvgIpc) is 1.87. The SMILES string of the molecule is C=CCC(=O)O.CCOC(C)=O. The summed E-state index contributed by atoms with van der Waals surface area (Å²) in [5.41, 5.74) is 0. The third-order valence-electron chi connectivity index (χ3n) is 0.667. The number of carbonyl (C=O) groups excluding carboxylic acids is 1. The van der Waals surface area contributed by atoms with Gasteiger partial charge < -0.3 is 9.84 Å². The molecule has 0 aromatic carbocycles. The molecule has 0 aliphatic rings. The number of aliphatic carboxylic acids is 1. The molecule has 70 valence electrons. The number of hydrogen-bond acceptors (Lipinski definition) is 3. The molecule has 0 aromatic rings. The smallest absolute Gasteiger partial charge is 0.307 e. The first-order valence-corrected chi connectivity index (χ1v) is 3.50. The van der Waals surface area contributed by atoms with Crippen LogP contribution in [0.2, 0.25) is 0 Å². The fourth-order valence-corrected chi connectivity index (χ4v) is 0.327. The molecule has 0 fully saturated rings. The van der Waals surface area contributed by atoms with E-state index in [-0.39, 0.29) is 12.4 Å². The zero-order valence-corrected chi connectivity index (χ0v) is 7.37. The highest BCUT2D eigenvalue weighted by Gasteiger charge is 1.84. The normalized spacial score (nSPS) is 7.50.